The summed E-state index contributed by atoms with van der Waals surface area (Å²) in [6.45, 7) is 2.80. The molecule has 0 heterocycles. The van der Waals surface area contributed by atoms with Gasteiger partial charge < -0.3 is 10.1 Å². The number of para-hydroxylation sites is 1. The van der Waals surface area contributed by atoms with Crippen LogP contribution in [-0.4, -0.2) is 24.3 Å². The van der Waals surface area contributed by atoms with Crippen LogP contribution in [0.4, 0.5) is 0 Å². The van der Waals surface area contributed by atoms with Crippen LogP contribution in [-0.2, 0) is 4.79 Å². The lowest BCUT2D eigenvalue weighted by Gasteiger charge is -2.15. The zero-order valence-corrected chi connectivity index (χ0v) is 15.6. The fourth-order valence-electron chi connectivity index (χ4n) is 2.01. The summed E-state index contributed by atoms with van der Waals surface area (Å²) in [6, 6.07) is 14.8. The summed E-state index contributed by atoms with van der Waals surface area (Å²) in [7, 11) is 0. The lowest BCUT2D eigenvalue weighted by molar-refractivity contribution is -0.120. The molecule has 2 aromatic carbocycles. The quantitative estimate of drug-likeness (QED) is 0.511. The number of ether oxygens (including phenoxy) is 1. The van der Waals surface area contributed by atoms with E-state index in [0.717, 1.165) is 11.3 Å². The van der Waals surface area contributed by atoms with E-state index in [-0.39, 0.29) is 11.2 Å². The Hall–Kier alpha value is -1.36. The zero-order valence-electron chi connectivity index (χ0n) is 13.3. The Balaban J connectivity index is 1.77. The van der Waals surface area contributed by atoms with Crippen LogP contribution >= 0.6 is 35.0 Å². The first kappa shape index (κ1) is 19.0. The summed E-state index contributed by atoms with van der Waals surface area (Å²) < 4.78 is 5.56. The Morgan fingerprint density at radius 3 is 2.54 bits per heavy atom. The first-order valence-electron chi connectivity index (χ1n) is 7.67. The van der Waals surface area contributed by atoms with E-state index in [4.69, 9.17) is 27.9 Å². The molecule has 1 unspecified atom stereocenters. The van der Waals surface area contributed by atoms with Gasteiger partial charge in [0.25, 0.3) is 0 Å². The van der Waals surface area contributed by atoms with Crippen LogP contribution in [0.5, 0.6) is 5.75 Å². The van der Waals surface area contributed by atoms with Crippen LogP contribution < -0.4 is 10.1 Å². The van der Waals surface area contributed by atoms with Gasteiger partial charge in [-0.05, 0) is 42.8 Å². The van der Waals surface area contributed by atoms with E-state index in [0.29, 0.717) is 28.9 Å². The minimum Gasteiger partial charge on any atom is -0.490 e. The van der Waals surface area contributed by atoms with Crippen molar-refractivity contribution in [3.63, 3.8) is 0 Å². The summed E-state index contributed by atoms with van der Waals surface area (Å²) >= 11 is 13.4. The van der Waals surface area contributed by atoms with Crippen molar-refractivity contribution in [3.8, 4) is 5.75 Å². The Morgan fingerprint density at radius 1 is 1.17 bits per heavy atom. The molecule has 0 aliphatic carbocycles. The summed E-state index contributed by atoms with van der Waals surface area (Å²) in [4.78, 5) is 13.3. The molecule has 0 bridgehead atoms. The normalized spacial score (nSPS) is 11.8. The summed E-state index contributed by atoms with van der Waals surface area (Å²) in [5, 5.41) is 4.01. The predicted octanol–water partition coefficient (Wildman–Crippen LogP) is 5.06. The summed E-state index contributed by atoms with van der Waals surface area (Å²) in [5.41, 5.74) is 0. The predicted molar refractivity (Wildman–Crippen MR) is 101 cm³/mol. The SMILES string of the molecule is CCC(Sc1ccc(Cl)cc1)C(=O)NCCOc1ccccc1Cl. The number of halogens is 2. The van der Waals surface area contributed by atoms with E-state index >= 15 is 0 Å². The number of amides is 1. The van der Waals surface area contributed by atoms with Gasteiger partial charge in [-0.1, -0.05) is 42.3 Å². The van der Waals surface area contributed by atoms with Gasteiger partial charge in [-0.25, -0.2) is 0 Å². The third-order valence-corrected chi connectivity index (χ3v) is 5.19. The Bertz CT molecular complexity index is 664. The largest absolute Gasteiger partial charge is 0.490 e. The minimum atomic E-state index is -0.147. The highest BCUT2D eigenvalue weighted by Gasteiger charge is 2.17. The topological polar surface area (TPSA) is 38.3 Å². The van der Waals surface area contributed by atoms with Crippen LogP contribution in [0.3, 0.4) is 0 Å². The van der Waals surface area contributed by atoms with Crippen molar-refractivity contribution in [2.75, 3.05) is 13.2 Å². The highest BCUT2D eigenvalue weighted by atomic mass is 35.5. The van der Waals surface area contributed by atoms with E-state index in [2.05, 4.69) is 5.32 Å². The van der Waals surface area contributed by atoms with Crippen molar-refractivity contribution < 1.29 is 9.53 Å². The molecule has 0 saturated heterocycles. The molecule has 1 atom stereocenters. The third kappa shape index (κ3) is 5.93. The molecule has 0 radical (unpaired) electrons. The number of carbonyl (C=O) groups excluding carboxylic acids is 1. The third-order valence-electron chi connectivity index (χ3n) is 3.25. The average Bonchev–Trinajstić information content (AvgIpc) is 2.59. The highest BCUT2D eigenvalue weighted by Crippen LogP contribution is 2.27. The summed E-state index contributed by atoms with van der Waals surface area (Å²) in [5.74, 6) is 0.621. The molecular formula is C18H19Cl2NO2S. The number of hydrogen-bond acceptors (Lipinski definition) is 3. The van der Waals surface area contributed by atoms with Gasteiger partial charge in [0.1, 0.15) is 12.4 Å². The van der Waals surface area contributed by atoms with Crippen LogP contribution in [0.25, 0.3) is 0 Å². The summed E-state index contributed by atoms with van der Waals surface area (Å²) in [6.07, 6.45) is 0.741. The van der Waals surface area contributed by atoms with Crippen LogP contribution in [0.15, 0.2) is 53.4 Å². The lowest BCUT2D eigenvalue weighted by atomic mass is 10.3. The van der Waals surface area contributed by atoms with E-state index < -0.39 is 0 Å². The van der Waals surface area contributed by atoms with Gasteiger partial charge in [-0.2, -0.15) is 0 Å². The lowest BCUT2D eigenvalue weighted by Crippen LogP contribution is -2.35. The van der Waals surface area contributed by atoms with Crippen molar-refractivity contribution >= 4 is 40.9 Å². The molecule has 1 amide bonds. The molecule has 0 aliphatic rings. The molecule has 2 rings (SSSR count). The monoisotopic (exact) mass is 383 g/mol. The van der Waals surface area contributed by atoms with Crippen molar-refractivity contribution in [1.29, 1.82) is 0 Å². The molecule has 0 aromatic heterocycles. The van der Waals surface area contributed by atoms with Gasteiger partial charge in [0.15, 0.2) is 0 Å². The molecule has 0 fully saturated rings. The molecule has 1 N–H and O–H groups in total. The maximum Gasteiger partial charge on any atom is 0.233 e. The van der Waals surface area contributed by atoms with Crippen LogP contribution in [0.2, 0.25) is 10.0 Å². The second kappa shape index (κ2) is 9.82. The standard InChI is InChI=1S/C18H19Cl2NO2S/c1-2-17(24-14-9-7-13(19)8-10-14)18(22)21-11-12-23-16-6-4-3-5-15(16)20/h3-10,17H,2,11-12H2,1H3,(H,21,22). The molecule has 0 aliphatic heterocycles. The van der Waals surface area contributed by atoms with Crippen molar-refractivity contribution in [3.05, 3.63) is 58.6 Å². The van der Waals surface area contributed by atoms with E-state index in [9.17, 15) is 4.79 Å². The number of thioether (sulfide) groups is 1. The number of benzene rings is 2. The van der Waals surface area contributed by atoms with Gasteiger partial charge in [0.05, 0.1) is 16.8 Å². The number of rotatable bonds is 8. The second-order valence-corrected chi connectivity index (χ2v) is 7.16. The van der Waals surface area contributed by atoms with Crippen LogP contribution in [0.1, 0.15) is 13.3 Å². The first-order valence-corrected chi connectivity index (χ1v) is 9.31. The molecule has 0 spiro atoms. The minimum absolute atomic E-state index is 0.000193. The maximum absolute atomic E-state index is 12.3. The Labute approximate surface area is 156 Å². The number of nitrogens with one attached hydrogen (secondary N) is 1. The smallest absolute Gasteiger partial charge is 0.233 e. The molecule has 0 saturated carbocycles. The molecule has 6 heteroatoms. The Morgan fingerprint density at radius 2 is 1.88 bits per heavy atom. The fraction of sp³-hybridized carbons (Fsp3) is 0.278. The molecular weight excluding hydrogens is 365 g/mol. The van der Waals surface area contributed by atoms with E-state index in [1.54, 1.807) is 12.1 Å². The van der Waals surface area contributed by atoms with Gasteiger partial charge >= 0.3 is 0 Å². The Kier molecular flexibility index (Phi) is 7.76. The average molecular weight is 384 g/mol. The highest BCUT2D eigenvalue weighted by molar-refractivity contribution is 8.00. The number of hydrogen-bond donors (Lipinski definition) is 1. The van der Waals surface area contributed by atoms with Crippen molar-refractivity contribution in [1.82, 2.24) is 5.32 Å². The van der Waals surface area contributed by atoms with Gasteiger partial charge in [0, 0.05) is 9.92 Å². The molecule has 3 nitrogen and oxygen atoms in total. The van der Waals surface area contributed by atoms with Crippen LogP contribution in [0, 0.1) is 0 Å². The molecule has 128 valence electrons. The second-order valence-electron chi connectivity index (χ2n) is 5.04. The first-order chi connectivity index (χ1) is 11.6. The maximum atomic E-state index is 12.3. The van der Waals surface area contributed by atoms with Gasteiger partial charge in [0.2, 0.25) is 5.91 Å². The zero-order chi connectivity index (χ0) is 17.4. The van der Waals surface area contributed by atoms with Crippen molar-refractivity contribution in [2.45, 2.75) is 23.5 Å². The fourth-order valence-corrected chi connectivity index (χ4v) is 3.31. The number of carbonyl (C=O) groups is 1. The van der Waals surface area contributed by atoms with Crippen molar-refractivity contribution in [2.24, 2.45) is 0 Å². The van der Waals surface area contributed by atoms with E-state index in [1.807, 2.05) is 43.3 Å². The molecule has 2 aromatic rings. The molecule has 24 heavy (non-hydrogen) atoms. The van der Waals surface area contributed by atoms with Gasteiger partial charge in [-0.3, -0.25) is 4.79 Å². The van der Waals surface area contributed by atoms with Gasteiger partial charge in [-0.15, -0.1) is 11.8 Å². The van der Waals surface area contributed by atoms with E-state index in [1.165, 1.54) is 11.8 Å².